The average molecular weight is 499 g/mol. The van der Waals surface area contributed by atoms with Crippen molar-refractivity contribution in [1.29, 1.82) is 0 Å². The molecule has 1 aromatic carbocycles. The molecule has 2 aliphatic rings. The molecule has 37 heavy (non-hydrogen) atoms. The second-order valence-electron chi connectivity index (χ2n) is 10.3. The summed E-state index contributed by atoms with van der Waals surface area (Å²) < 4.78 is 13.8. The van der Waals surface area contributed by atoms with E-state index in [9.17, 15) is 0 Å². The highest BCUT2D eigenvalue weighted by atomic mass is 16.5. The van der Waals surface area contributed by atoms with Crippen LogP contribution in [0.1, 0.15) is 53.5 Å². The van der Waals surface area contributed by atoms with Crippen molar-refractivity contribution in [3.05, 3.63) is 70.8 Å². The van der Waals surface area contributed by atoms with Gasteiger partial charge in [0, 0.05) is 31.3 Å². The zero-order valence-electron chi connectivity index (χ0n) is 21.9. The molecule has 0 spiro atoms. The lowest BCUT2D eigenvalue weighted by atomic mass is 9.96. The predicted molar refractivity (Wildman–Crippen MR) is 142 cm³/mol. The predicted octanol–water partition coefficient (Wildman–Crippen LogP) is 4.66. The fourth-order valence-corrected chi connectivity index (χ4v) is 5.59. The van der Waals surface area contributed by atoms with Crippen LogP contribution in [0.25, 0.3) is 16.9 Å². The maximum absolute atomic E-state index is 6.51. The highest BCUT2D eigenvalue weighted by molar-refractivity contribution is 5.59. The summed E-state index contributed by atoms with van der Waals surface area (Å²) in [6.45, 7) is 10.4. The number of hydrogen-bond donors (Lipinski definition) is 0. The largest absolute Gasteiger partial charge is 0.487 e. The number of nitrogens with zero attached hydrogens (tertiary/aromatic N) is 6. The van der Waals surface area contributed by atoms with E-state index in [1.54, 1.807) is 0 Å². The molecule has 1 saturated carbocycles. The molecule has 192 valence electrons. The number of hydrogen-bond acceptors (Lipinski definition) is 7. The van der Waals surface area contributed by atoms with Crippen molar-refractivity contribution in [3.8, 4) is 17.0 Å². The summed E-state index contributed by atoms with van der Waals surface area (Å²) in [6.07, 6.45) is 3.35. The first-order chi connectivity index (χ1) is 18.0. The van der Waals surface area contributed by atoms with E-state index in [1.807, 2.05) is 24.4 Å². The summed E-state index contributed by atoms with van der Waals surface area (Å²) in [5.74, 6) is 1.36. The van der Waals surface area contributed by atoms with Gasteiger partial charge in [0.1, 0.15) is 0 Å². The van der Waals surface area contributed by atoms with Gasteiger partial charge in [-0.25, -0.2) is 9.50 Å². The Bertz CT molecular complexity index is 1380. The van der Waals surface area contributed by atoms with Crippen LogP contribution in [0.3, 0.4) is 0 Å². The molecule has 8 nitrogen and oxygen atoms in total. The smallest absolute Gasteiger partial charge is 0.162 e. The molecule has 2 fully saturated rings. The Morgan fingerprint density at radius 1 is 0.973 bits per heavy atom. The van der Waals surface area contributed by atoms with Crippen molar-refractivity contribution >= 4 is 5.65 Å². The summed E-state index contributed by atoms with van der Waals surface area (Å²) in [4.78, 5) is 7.06. The Balaban J connectivity index is 1.09. The summed E-state index contributed by atoms with van der Waals surface area (Å²) in [5.41, 5.74) is 8.15. The molecule has 1 aliphatic carbocycles. The Labute approximate surface area is 217 Å². The van der Waals surface area contributed by atoms with Gasteiger partial charge in [0.05, 0.1) is 47.8 Å². The zero-order chi connectivity index (χ0) is 25.4. The van der Waals surface area contributed by atoms with E-state index in [0.29, 0.717) is 5.92 Å². The molecule has 6 rings (SSSR count). The van der Waals surface area contributed by atoms with E-state index < -0.39 is 0 Å². The third-order valence-electron chi connectivity index (χ3n) is 7.63. The molecule has 2 atom stereocenters. The molecular formula is C29H34N6O2. The molecule has 8 heteroatoms. The van der Waals surface area contributed by atoms with Crippen LogP contribution in [0.5, 0.6) is 5.75 Å². The van der Waals surface area contributed by atoms with Crippen LogP contribution in [0, 0.1) is 20.8 Å². The van der Waals surface area contributed by atoms with E-state index in [2.05, 4.69) is 63.5 Å². The summed E-state index contributed by atoms with van der Waals surface area (Å²) >= 11 is 0. The average Bonchev–Trinajstić information content (AvgIpc) is 3.54. The second-order valence-corrected chi connectivity index (χ2v) is 10.3. The highest BCUT2D eigenvalue weighted by Gasteiger charge is 2.29. The molecule has 4 aromatic rings. The van der Waals surface area contributed by atoms with Crippen molar-refractivity contribution < 1.29 is 9.47 Å². The molecule has 0 amide bonds. The lowest BCUT2D eigenvalue weighted by Gasteiger charge is -2.25. The molecule has 4 heterocycles. The van der Waals surface area contributed by atoms with Gasteiger partial charge in [-0.1, -0.05) is 24.3 Å². The lowest BCUT2D eigenvalue weighted by molar-refractivity contribution is 0.0335. The minimum Gasteiger partial charge on any atom is -0.487 e. The van der Waals surface area contributed by atoms with Gasteiger partial charge in [-0.3, -0.25) is 4.90 Å². The molecule has 1 saturated heterocycles. The maximum atomic E-state index is 6.51. The Morgan fingerprint density at radius 3 is 2.54 bits per heavy atom. The van der Waals surface area contributed by atoms with Crippen LogP contribution in [-0.4, -0.2) is 62.1 Å². The number of morpholine rings is 1. The van der Waals surface area contributed by atoms with E-state index in [-0.39, 0.29) is 6.10 Å². The third kappa shape index (κ3) is 5.08. The Hall–Kier alpha value is -3.36. The standard InChI is InChI=1S/C29H34N6O2/c1-19-16-28-30-20(2)29(21(3)35(28)33-19)37-26-10-8-24(17-26)22-4-6-23(7-5-22)27-11-9-25(31-32-27)18-34-12-14-36-15-13-34/h4-7,9,11,16,24,26H,8,10,12-15,17-18H2,1-3H3/t24?,26-/m1/s1. The molecule has 1 aliphatic heterocycles. The van der Waals surface area contributed by atoms with Gasteiger partial charge in [-0.2, -0.15) is 15.3 Å². The quantitative estimate of drug-likeness (QED) is 0.383. The van der Waals surface area contributed by atoms with Crippen molar-refractivity contribution in [1.82, 2.24) is 29.7 Å². The zero-order valence-corrected chi connectivity index (χ0v) is 21.9. The van der Waals surface area contributed by atoms with Crippen LogP contribution < -0.4 is 4.74 Å². The molecule has 0 radical (unpaired) electrons. The number of benzene rings is 1. The topological polar surface area (TPSA) is 77.7 Å². The van der Waals surface area contributed by atoms with Gasteiger partial charge in [0.2, 0.25) is 0 Å². The summed E-state index contributed by atoms with van der Waals surface area (Å²) in [5, 5.41) is 13.5. The monoisotopic (exact) mass is 498 g/mol. The molecular weight excluding hydrogens is 464 g/mol. The number of aryl methyl sites for hydroxylation is 3. The fraction of sp³-hybridized carbons (Fsp3) is 0.448. The van der Waals surface area contributed by atoms with Crippen molar-refractivity contribution in [2.24, 2.45) is 0 Å². The highest BCUT2D eigenvalue weighted by Crippen LogP contribution is 2.38. The van der Waals surface area contributed by atoms with Crippen LogP contribution in [-0.2, 0) is 11.3 Å². The number of aromatic nitrogens is 5. The van der Waals surface area contributed by atoms with E-state index >= 15 is 0 Å². The molecule has 0 bridgehead atoms. The van der Waals surface area contributed by atoms with Crippen molar-refractivity contribution in [2.75, 3.05) is 26.3 Å². The minimum absolute atomic E-state index is 0.183. The van der Waals surface area contributed by atoms with Crippen LogP contribution in [0.4, 0.5) is 0 Å². The Kier molecular flexibility index (Phi) is 6.61. The first-order valence-electron chi connectivity index (χ1n) is 13.3. The molecule has 0 N–H and O–H groups in total. The van der Waals surface area contributed by atoms with Gasteiger partial charge in [-0.05, 0) is 63.6 Å². The Morgan fingerprint density at radius 2 is 1.78 bits per heavy atom. The minimum atomic E-state index is 0.183. The molecule has 1 unspecified atom stereocenters. The van der Waals surface area contributed by atoms with E-state index in [4.69, 9.17) is 14.5 Å². The van der Waals surface area contributed by atoms with Gasteiger partial charge >= 0.3 is 0 Å². The van der Waals surface area contributed by atoms with E-state index in [0.717, 1.165) is 97.5 Å². The van der Waals surface area contributed by atoms with Crippen LogP contribution >= 0.6 is 0 Å². The number of rotatable bonds is 6. The van der Waals surface area contributed by atoms with Crippen LogP contribution in [0.15, 0.2) is 42.5 Å². The summed E-state index contributed by atoms with van der Waals surface area (Å²) in [7, 11) is 0. The van der Waals surface area contributed by atoms with Crippen LogP contribution in [0.2, 0.25) is 0 Å². The SMILES string of the molecule is Cc1cc2nc(C)c(O[C@@H]3CCC(c4ccc(-c5ccc(CN6CCOCC6)nn5)cc4)C3)c(C)n2n1. The van der Waals surface area contributed by atoms with Crippen molar-refractivity contribution in [3.63, 3.8) is 0 Å². The van der Waals surface area contributed by atoms with Gasteiger partial charge < -0.3 is 9.47 Å². The van der Waals surface area contributed by atoms with Gasteiger partial charge in [-0.15, -0.1) is 0 Å². The fourth-order valence-electron chi connectivity index (χ4n) is 5.59. The van der Waals surface area contributed by atoms with E-state index in [1.165, 1.54) is 5.56 Å². The van der Waals surface area contributed by atoms with Gasteiger partial charge in [0.15, 0.2) is 11.4 Å². The molecule has 3 aromatic heterocycles. The third-order valence-corrected chi connectivity index (χ3v) is 7.63. The number of ether oxygens (including phenoxy) is 2. The maximum Gasteiger partial charge on any atom is 0.162 e. The van der Waals surface area contributed by atoms with Crippen molar-refractivity contribution in [2.45, 2.75) is 58.6 Å². The van der Waals surface area contributed by atoms with Gasteiger partial charge in [0.25, 0.3) is 0 Å². The normalized spacial score (nSPS) is 20.5. The first kappa shape index (κ1) is 24.0. The first-order valence-corrected chi connectivity index (χ1v) is 13.3. The summed E-state index contributed by atoms with van der Waals surface area (Å²) in [6, 6.07) is 15.0. The lowest BCUT2D eigenvalue weighted by Crippen LogP contribution is -2.35. The second kappa shape index (κ2) is 10.2. The number of fused-ring (bicyclic) bond motifs is 1.